The Kier molecular flexibility index (Phi) is 3.48. The van der Waals surface area contributed by atoms with Crippen LogP contribution in [0.4, 0.5) is 0 Å². The molecular weight excluding hydrogens is 238 g/mol. The van der Waals surface area contributed by atoms with Crippen molar-refractivity contribution in [3.8, 4) is 0 Å². The van der Waals surface area contributed by atoms with Crippen LogP contribution in [-0.4, -0.2) is 29.3 Å². The number of nitrogens with zero attached hydrogens (tertiary/aromatic N) is 1. The minimum absolute atomic E-state index is 0.0503. The second-order valence-electron chi connectivity index (χ2n) is 4.81. The van der Waals surface area contributed by atoms with Crippen LogP contribution >= 0.6 is 11.6 Å². The van der Waals surface area contributed by atoms with E-state index in [9.17, 15) is 4.79 Å². The van der Waals surface area contributed by atoms with Gasteiger partial charge in [-0.05, 0) is 32.3 Å². The number of likely N-dealkylation sites (tertiary alicyclic amines) is 1. The molecule has 0 N–H and O–H groups in total. The van der Waals surface area contributed by atoms with E-state index < -0.39 is 0 Å². The van der Waals surface area contributed by atoms with Crippen molar-refractivity contribution in [3.05, 3.63) is 23.2 Å². The van der Waals surface area contributed by atoms with Gasteiger partial charge in [0.15, 0.2) is 0 Å². The first-order valence-electron chi connectivity index (χ1n) is 5.98. The number of furan rings is 1. The highest BCUT2D eigenvalue weighted by molar-refractivity contribution is 6.18. The summed E-state index contributed by atoms with van der Waals surface area (Å²) >= 11 is 5.96. The maximum atomic E-state index is 12.4. The molecule has 0 aromatic carbocycles. The standard InChI is InChI=1S/C13H18ClNO2/c1-8-4-5-15(12(8)7-14)13(16)11-6-9(2)17-10(11)3/h6,8,12H,4-5,7H2,1-3H3. The summed E-state index contributed by atoms with van der Waals surface area (Å²) in [5, 5.41) is 0. The number of carbonyl (C=O) groups is 1. The largest absolute Gasteiger partial charge is 0.466 e. The summed E-state index contributed by atoms with van der Waals surface area (Å²) in [6.07, 6.45) is 1.03. The van der Waals surface area contributed by atoms with Gasteiger partial charge >= 0.3 is 0 Å². The molecule has 94 valence electrons. The second-order valence-corrected chi connectivity index (χ2v) is 5.12. The van der Waals surface area contributed by atoms with Crippen LogP contribution in [0.15, 0.2) is 10.5 Å². The highest BCUT2D eigenvalue weighted by atomic mass is 35.5. The Labute approximate surface area is 107 Å². The lowest BCUT2D eigenvalue weighted by Crippen LogP contribution is -2.38. The van der Waals surface area contributed by atoms with Crippen LogP contribution in [0.3, 0.4) is 0 Å². The predicted octanol–water partition coefficient (Wildman–Crippen LogP) is 2.99. The number of hydrogen-bond donors (Lipinski definition) is 0. The zero-order valence-electron chi connectivity index (χ0n) is 10.5. The molecule has 1 aliphatic rings. The van der Waals surface area contributed by atoms with Gasteiger partial charge in [0.05, 0.1) is 5.56 Å². The average Bonchev–Trinajstić information content (AvgIpc) is 2.80. The van der Waals surface area contributed by atoms with Gasteiger partial charge in [0.25, 0.3) is 5.91 Å². The lowest BCUT2D eigenvalue weighted by Gasteiger charge is -2.24. The van der Waals surface area contributed by atoms with E-state index in [0.29, 0.717) is 23.1 Å². The Hall–Kier alpha value is -0.960. The fourth-order valence-electron chi connectivity index (χ4n) is 2.49. The molecule has 2 rings (SSSR count). The quantitative estimate of drug-likeness (QED) is 0.762. The summed E-state index contributed by atoms with van der Waals surface area (Å²) in [5.41, 5.74) is 0.673. The van der Waals surface area contributed by atoms with Crippen LogP contribution in [0.5, 0.6) is 0 Å². The van der Waals surface area contributed by atoms with E-state index >= 15 is 0 Å². The first-order valence-corrected chi connectivity index (χ1v) is 6.52. The number of aryl methyl sites for hydroxylation is 2. The van der Waals surface area contributed by atoms with E-state index in [2.05, 4.69) is 6.92 Å². The third kappa shape index (κ3) is 2.21. The Bertz CT molecular complexity index is 427. The Morgan fingerprint density at radius 2 is 2.29 bits per heavy atom. The van der Waals surface area contributed by atoms with E-state index in [-0.39, 0.29) is 11.9 Å². The summed E-state index contributed by atoms with van der Waals surface area (Å²) in [4.78, 5) is 14.3. The zero-order chi connectivity index (χ0) is 12.6. The van der Waals surface area contributed by atoms with Crippen molar-refractivity contribution in [2.45, 2.75) is 33.2 Å². The van der Waals surface area contributed by atoms with Crippen LogP contribution < -0.4 is 0 Å². The maximum Gasteiger partial charge on any atom is 0.257 e. The molecule has 0 aliphatic carbocycles. The van der Waals surface area contributed by atoms with E-state index in [1.165, 1.54) is 0 Å². The van der Waals surface area contributed by atoms with Crippen molar-refractivity contribution in [1.82, 2.24) is 4.90 Å². The predicted molar refractivity (Wildman–Crippen MR) is 67.5 cm³/mol. The van der Waals surface area contributed by atoms with Crippen molar-refractivity contribution in [3.63, 3.8) is 0 Å². The van der Waals surface area contributed by atoms with Gasteiger partial charge in [0.1, 0.15) is 11.5 Å². The SMILES string of the molecule is Cc1cc(C(=O)N2CCC(C)C2CCl)c(C)o1. The lowest BCUT2D eigenvalue weighted by atomic mass is 10.0. The molecule has 2 heterocycles. The fourth-order valence-corrected chi connectivity index (χ4v) is 2.96. The molecule has 1 aromatic rings. The molecule has 17 heavy (non-hydrogen) atoms. The van der Waals surface area contributed by atoms with E-state index in [1.54, 1.807) is 0 Å². The number of halogens is 1. The topological polar surface area (TPSA) is 33.5 Å². The summed E-state index contributed by atoms with van der Waals surface area (Å²) < 4.78 is 5.41. The van der Waals surface area contributed by atoms with Gasteiger partial charge in [-0.1, -0.05) is 6.92 Å². The van der Waals surface area contributed by atoms with Crippen molar-refractivity contribution in [1.29, 1.82) is 0 Å². The number of carbonyl (C=O) groups excluding carboxylic acids is 1. The number of rotatable bonds is 2. The molecule has 0 spiro atoms. The first kappa shape index (κ1) is 12.5. The normalized spacial score (nSPS) is 24.4. The highest BCUT2D eigenvalue weighted by Gasteiger charge is 2.35. The molecule has 4 heteroatoms. The zero-order valence-corrected chi connectivity index (χ0v) is 11.3. The van der Waals surface area contributed by atoms with Crippen molar-refractivity contribution in [2.75, 3.05) is 12.4 Å². The molecule has 3 nitrogen and oxygen atoms in total. The van der Waals surface area contributed by atoms with Gasteiger partial charge in [0.2, 0.25) is 0 Å². The minimum atomic E-state index is 0.0503. The van der Waals surface area contributed by atoms with Crippen LogP contribution in [0.25, 0.3) is 0 Å². The van der Waals surface area contributed by atoms with Crippen LogP contribution in [0, 0.1) is 19.8 Å². The van der Waals surface area contributed by atoms with Crippen LogP contribution in [0.1, 0.15) is 35.2 Å². The van der Waals surface area contributed by atoms with Crippen LogP contribution in [-0.2, 0) is 0 Å². The highest BCUT2D eigenvalue weighted by Crippen LogP contribution is 2.27. The molecule has 0 radical (unpaired) electrons. The smallest absolute Gasteiger partial charge is 0.257 e. The second kappa shape index (κ2) is 4.73. The summed E-state index contributed by atoms with van der Waals surface area (Å²) in [6, 6.07) is 1.96. The first-order chi connectivity index (χ1) is 8.04. The van der Waals surface area contributed by atoms with Gasteiger partial charge in [-0.25, -0.2) is 0 Å². The molecule has 0 bridgehead atoms. The molecule has 2 atom stereocenters. The average molecular weight is 256 g/mol. The molecule has 0 saturated carbocycles. The number of hydrogen-bond acceptors (Lipinski definition) is 2. The van der Waals surface area contributed by atoms with E-state index in [0.717, 1.165) is 18.7 Å². The number of amides is 1. The number of alkyl halides is 1. The molecule has 1 saturated heterocycles. The molecule has 1 amide bonds. The Morgan fingerprint density at radius 3 is 2.82 bits per heavy atom. The van der Waals surface area contributed by atoms with E-state index in [1.807, 2.05) is 24.8 Å². The minimum Gasteiger partial charge on any atom is -0.466 e. The van der Waals surface area contributed by atoms with Crippen molar-refractivity contribution >= 4 is 17.5 Å². The third-order valence-electron chi connectivity index (χ3n) is 3.57. The molecular formula is C13H18ClNO2. The van der Waals surface area contributed by atoms with Gasteiger partial charge in [-0.15, -0.1) is 11.6 Å². The van der Waals surface area contributed by atoms with Crippen LogP contribution in [0.2, 0.25) is 0 Å². The molecule has 1 aromatic heterocycles. The molecule has 1 aliphatic heterocycles. The fraction of sp³-hybridized carbons (Fsp3) is 0.615. The van der Waals surface area contributed by atoms with Crippen molar-refractivity contribution < 1.29 is 9.21 Å². The maximum absolute atomic E-state index is 12.4. The van der Waals surface area contributed by atoms with Gasteiger partial charge in [-0.3, -0.25) is 4.79 Å². The summed E-state index contributed by atoms with van der Waals surface area (Å²) in [6.45, 7) is 6.62. The lowest BCUT2D eigenvalue weighted by molar-refractivity contribution is 0.0735. The van der Waals surface area contributed by atoms with Gasteiger partial charge in [0, 0.05) is 18.5 Å². The van der Waals surface area contributed by atoms with E-state index in [4.69, 9.17) is 16.0 Å². The molecule has 2 unspecified atom stereocenters. The summed E-state index contributed by atoms with van der Waals surface area (Å²) in [7, 11) is 0. The molecule has 1 fully saturated rings. The Balaban J connectivity index is 2.23. The van der Waals surface area contributed by atoms with Crippen molar-refractivity contribution in [2.24, 2.45) is 5.92 Å². The summed E-state index contributed by atoms with van der Waals surface area (Å²) in [5.74, 6) is 2.50. The van der Waals surface area contributed by atoms with Gasteiger partial charge in [-0.2, -0.15) is 0 Å². The monoisotopic (exact) mass is 255 g/mol. The van der Waals surface area contributed by atoms with Gasteiger partial charge < -0.3 is 9.32 Å². The Morgan fingerprint density at radius 1 is 1.59 bits per heavy atom. The third-order valence-corrected chi connectivity index (χ3v) is 3.89.